The van der Waals surface area contributed by atoms with Crippen LogP contribution >= 0.6 is 0 Å². The number of H-pyrrole nitrogens is 1. The molecule has 6 nitrogen and oxygen atoms in total. The summed E-state index contributed by atoms with van der Waals surface area (Å²) < 4.78 is 0. The second kappa shape index (κ2) is 5.11. The Morgan fingerprint density at radius 1 is 1.38 bits per heavy atom. The van der Waals surface area contributed by atoms with Crippen molar-refractivity contribution in [1.29, 1.82) is 0 Å². The maximum atomic E-state index is 12.2. The third-order valence-corrected chi connectivity index (χ3v) is 4.71. The molecule has 0 spiro atoms. The summed E-state index contributed by atoms with van der Waals surface area (Å²) in [5.41, 5.74) is 2.53. The third kappa shape index (κ3) is 2.51. The number of amides is 1. The lowest BCUT2D eigenvalue weighted by Crippen LogP contribution is -2.57. The maximum absolute atomic E-state index is 12.2. The molecular formula is C15H19N5O. The van der Waals surface area contributed by atoms with Crippen LogP contribution in [0, 0.1) is 5.92 Å². The highest BCUT2D eigenvalue weighted by molar-refractivity contribution is 5.80. The first kappa shape index (κ1) is 12.8. The smallest absolute Gasteiger partial charge is 0.226 e. The normalized spacial score (nSPS) is 27.9. The first-order chi connectivity index (χ1) is 10.3. The molecule has 0 aromatic carbocycles. The summed E-state index contributed by atoms with van der Waals surface area (Å²) in [5.74, 6) is 0.719. The number of nitrogens with one attached hydrogen (secondary N) is 2. The molecule has 0 unspecified atom stereocenters. The fraction of sp³-hybridized carbons (Fsp3) is 0.533. The number of fused-ring (bicyclic) bond motifs is 4. The Balaban J connectivity index is 1.41. The average molecular weight is 285 g/mol. The minimum atomic E-state index is 0.0659. The Morgan fingerprint density at radius 2 is 2.24 bits per heavy atom. The van der Waals surface area contributed by atoms with Crippen molar-refractivity contribution >= 4 is 16.9 Å². The van der Waals surface area contributed by atoms with Crippen LogP contribution in [-0.2, 0) is 11.2 Å². The second-order valence-electron chi connectivity index (χ2n) is 6.08. The summed E-state index contributed by atoms with van der Waals surface area (Å²) in [6.45, 7) is 3.38. The molecule has 0 radical (unpaired) electrons. The molecule has 2 N–H and O–H groups in total. The molecule has 5 heterocycles. The fourth-order valence-corrected chi connectivity index (χ4v) is 3.52. The number of imidazole rings is 1. The van der Waals surface area contributed by atoms with Crippen LogP contribution in [0.4, 0.5) is 0 Å². The van der Waals surface area contributed by atoms with E-state index in [1.54, 1.807) is 12.5 Å². The second-order valence-corrected chi connectivity index (χ2v) is 6.08. The molecule has 110 valence electrons. The van der Waals surface area contributed by atoms with Crippen molar-refractivity contribution in [2.45, 2.75) is 25.3 Å². The van der Waals surface area contributed by atoms with Gasteiger partial charge in [0.05, 0.1) is 35.7 Å². The predicted octanol–water partition coefficient (Wildman–Crippen LogP) is 0.711. The first-order valence-corrected chi connectivity index (χ1v) is 7.57. The summed E-state index contributed by atoms with van der Waals surface area (Å²) in [5, 5.41) is 3.19. The molecule has 0 aliphatic carbocycles. The van der Waals surface area contributed by atoms with E-state index in [1.807, 2.05) is 6.07 Å². The van der Waals surface area contributed by atoms with Crippen molar-refractivity contribution in [1.82, 2.24) is 25.2 Å². The minimum absolute atomic E-state index is 0.0659. The quantitative estimate of drug-likeness (QED) is 0.871. The lowest BCUT2D eigenvalue weighted by Gasteiger charge is -2.44. The molecule has 5 rings (SSSR count). The highest BCUT2D eigenvalue weighted by Crippen LogP contribution is 2.27. The molecular weight excluding hydrogens is 266 g/mol. The van der Waals surface area contributed by atoms with Crippen LogP contribution in [-0.4, -0.2) is 51.4 Å². The number of aromatic nitrogens is 3. The van der Waals surface area contributed by atoms with Gasteiger partial charge in [-0.1, -0.05) is 0 Å². The number of hydrogen-bond acceptors (Lipinski definition) is 4. The fourth-order valence-electron chi connectivity index (χ4n) is 3.52. The van der Waals surface area contributed by atoms with E-state index < -0.39 is 0 Å². The van der Waals surface area contributed by atoms with Crippen LogP contribution in [0.2, 0.25) is 0 Å². The molecule has 3 aliphatic heterocycles. The van der Waals surface area contributed by atoms with E-state index in [-0.39, 0.29) is 5.91 Å². The van der Waals surface area contributed by atoms with Crippen LogP contribution < -0.4 is 5.32 Å². The Kier molecular flexibility index (Phi) is 3.11. The summed E-state index contributed by atoms with van der Waals surface area (Å²) >= 11 is 0. The number of aromatic amines is 1. The number of rotatable bonds is 3. The number of hydrogen-bond donors (Lipinski definition) is 2. The van der Waals surface area contributed by atoms with Gasteiger partial charge < -0.3 is 15.2 Å². The van der Waals surface area contributed by atoms with Gasteiger partial charge in [0, 0.05) is 12.6 Å². The summed E-state index contributed by atoms with van der Waals surface area (Å²) in [6, 6.07) is 2.19. The predicted molar refractivity (Wildman–Crippen MR) is 78.7 cm³/mol. The molecule has 0 saturated carbocycles. The molecule has 21 heavy (non-hydrogen) atoms. The van der Waals surface area contributed by atoms with Gasteiger partial charge in [0.15, 0.2) is 0 Å². The van der Waals surface area contributed by atoms with Crippen LogP contribution in [0.15, 0.2) is 18.6 Å². The van der Waals surface area contributed by atoms with Crippen molar-refractivity contribution in [2.24, 2.45) is 5.92 Å². The topological polar surface area (TPSA) is 73.9 Å². The van der Waals surface area contributed by atoms with Crippen LogP contribution in [0.1, 0.15) is 18.5 Å². The highest BCUT2D eigenvalue weighted by Gasteiger charge is 2.34. The summed E-state index contributed by atoms with van der Waals surface area (Å²) in [4.78, 5) is 26.2. The van der Waals surface area contributed by atoms with E-state index >= 15 is 0 Å². The van der Waals surface area contributed by atoms with Crippen molar-refractivity contribution in [3.8, 4) is 0 Å². The van der Waals surface area contributed by atoms with E-state index in [1.165, 1.54) is 25.9 Å². The molecule has 3 fully saturated rings. The number of carbonyl (C=O) groups excluding carboxylic acids is 1. The van der Waals surface area contributed by atoms with Gasteiger partial charge in [-0.25, -0.2) is 4.98 Å². The zero-order valence-corrected chi connectivity index (χ0v) is 11.9. The molecule has 3 saturated heterocycles. The zero-order valence-electron chi connectivity index (χ0n) is 11.9. The third-order valence-electron chi connectivity index (χ3n) is 4.71. The summed E-state index contributed by atoms with van der Waals surface area (Å²) in [6.07, 6.45) is 6.12. The Morgan fingerprint density at radius 3 is 3.00 bits per heavy atom. The van der Waals surface area contributed by atoms with E-state index in [0.29, 0.717) is 18.4 Å². The Hall–Kier alpha value is -1.95. The molecule has 2 bridgehead atoms. The lowest BCUT2D eigenvalue weighted by molar-refractivity contribution is -0.122. The average Bonchev–Trinajstić information content (AvgIpc) is 2.96. The maximum Gasteiger partial charge on any atom is 0.226 e. The number of pyridine rings is 1. The van der Waals surface area contributed by atoms with Crippen molar-refractivity contribution < 1.29 is 4.79 Å². The number of nitrogens with zero attached hydrogens (tertiary/aromatic N) is 3. The van der Waals surface area contributed by atoms with E-state index in [4.69, 9.17) is 0 Å². The molecule has 3 aliphatic rings. The standard InChI is InChI=1S/C15H19N5O/c21-15(19-14-8-20-3-1-10(14)2-4-20)6-11-5-12-13(7-16-11)18-9-17-12/h5,7,9-10,14H,1-4,6,8H2,(H,17,18)(H,19,21)/t14-/m0/s1. The van der Waals surface area contributed by atoms with E-state index in [2.05, 4.69) is 25.2 Å². The van der Waals surface area contributed by atoms with Gasteiger partial charge in [0.1, 0.15) is 0 Å². The van der Waals surface area contributed by atoms with Gasteiger partial charge in [-0.15, -0.1) is 0 Å². The molecule has 1 atom stereocenters. The van der Waals surface area contributed by atoms with Crippen LogP contribution in [0.5, 0.6) is 0 Å². The number of piperidine rings is 3. The Bertz CT molecular complexity index is 659. The zero-order chi connectivity index (χ0) is 14.2. The first-order valence-electron chi connectivity index (χ1n) is 7.57. The number of carbonyl (C=O) groups is 1. The van der Waals surface area contributed by atoms with Crippen molar-refractivity contribution in [3.63, 3.8) is 0 Å². The van der Waals surface area contributed by atoms with Gasteiger partial charge in [0.2, 0.25) is 5.91 Å². The molecule has 2 aromatic rings. The lowest BCUT2D eigenvalue weighted by atomic mass is 9.84. The van der Waals surface area contributed by atoms with Crippen LogP contribution in [0.3, 0.4) is 0 Å². The van der Waals surface area contributed by atoms with E-state index in [0.717, 1.165) is 23.3 Å². The van der Waals surface area contributed by atoms with Gasteiger partial charge in [-0.3, -0.25) is 9.78 Å². The molecule has 2 aromatic heterocycles. The van der Waals surface area contributed by atoms with Gasteiger partial charge in [-0.2, -0.15) is 0 Å². The largest absolute Gasteiger partial charge is 0.351 e. The minimum Gasteiger partial charge on any atom is -0.351 e. The van der Waals surface area contributed by atoms with E-state index in [9.17, 15) is 4.79 Å². The molecule has 1 amide bonds. The Labute approximate surface area is 123 Å². The van der Waals surface area contributed by atoms with Gasteiger partial charge in [-0.05, 0) is 37.9 Å². The van der Waals surface area contributed by atoms with Gasteiger partial charge >= 0.3 is 0 Å². The molecule has 6 heteroatoms. The monoisotopic (exact) mass is 285 g/mol. The SMILES string of the molecule is O=C(Cc1cc2nc[nH]c2cn1)N[C@H]1CN2CCC1CC2. The van der Waals surface area contributed by atoms with Crippen molar-refractivity contribution in [2.75, 3.05) is 19.6 Å². The summed E-state index contributed by atoms with van der Waals surface area (Å²) in [7, 11) is 0. The van der Waals surface area contributed by atoms with Crippen molar-refractivity contribution in [3.05, 3.63) is 24.3 Å². The van der Waals surface area contributed by atoms with Gasteiger partial charge in [0.25, 0.3) is 0 Å². The van der Waals surface area contributed by atoms with Crippen LogP contribution in [0.25, 0.3) is 11.0 Å². The highest BCUT2D eigenvalue weighted by atomic mass is 16.1.